The number of hydrogen-bond acceptors (Lipinski definition) is 6. The number of allylic oxidation sites excluding steroid dienone is 1. The van der Waals surface area contributed by atoms with Gasteiger partial charge in [-0.1, -0.05) is 26.0 Å². The largest absolute Gasteiger partial charge is 0.507 e. The first-order chi connectivity index (χ1) is 12.9. The van der Waals surface area contributed by atoms with Crippen molar-refractivity contribution in [2.75, 3.05) is 13.1 Å². The van der Waals surface area contributed by atoms with E-state index in [4.69, 9.17) is 4.74 Å². The van der Waals surface area contributed by atoms with Gasteiger partial charge in [-0.15, -0.1) is 0 Å². The van der Waals surface area contributed by atoms with Crippen LogP contribution in [0.15, 0.2) is 42.2 Å². The fourth-order valence-corrected chi connectivity index (χ4v) is 3.00. The summed E-state index contributed by atoms with van der Waals surface area (Å²) in [5, 5.41) is 21.2. The molecule has 0 spiro atoms. The van der Waals surface area contributed by atoms with Crippen LogP contribution in [0.5, 0.6) is 11.5 Å². The molecule has 0 radical (unpaired) electrons. The zero-order chi connectivity index (χ0) is 19.6. The number of carbonyl (C=O) groups excluding carboxylic acids is 1. The molecule has 140 valence electrons. The number of phenolic OH excluding ortho intramolecular Hbond substituents is 1. The summed E-state index contributed by atoms with van der Waals surface area (Å²) in [5.41, 5.74) is 1.38. The number of phenols is 1. The van der Waals surface area contributed by atoms with E-state index < -0.39 is 4.92 Å². The minimum Gasteiger partial charge on any atom is -0.507 e. The molecule has 0 fully saturated rings. The Hall–Kier alpha value is -3.19. The van der Waals surface area contributed by atoms with Gasteiger partial charge in [-0.05, 0) is 36.9 Å². The number of nitro benzene ring substituents is 1. The van der Waals surface area contributed by atoms with E-state index in [2.05, 4.69) is 4.90 Å². The van der Waals surface area contributed by atoms with E-state index in [0.717, 1.165) is 13.1 Å². The molecule has 1 N–H and O–H groups in total. The fraction of sp³-hybridized carbons (Fsp3) is 0.250. The second-order valence-electron chi connectivity index (χ2n) is 6.19. The monoisotopic (exact) mass is 368 g/mol. The van der Waals surface area contributed by atoms with Crippen LogP contribution in [-0.4, -0.2) is 33.8 Å². The first kappa shape index (κ1) is 18.6. The number of non-ortho nitro benzene ring substituents is 1. The average molecular weight is 368 g/mol. The molecular weight excluding hydrogens is 348 g/mol. The van der Waals surface area contributed by atoms with Gasteiger partial charge in [-0.2, -0.15) is 0 Å². The molecule has 7 heteroatoms. The molecule has 3 rings (SSSR count). The molecule has 0 saturated carbocycles. The number of Topliss-reactive ketones (excluding diaryl/α,β-unsaturated/α-hetero) is 1. The van der Waals surface area contributed by atoms with Crippen molar-refractivity contribution < 1.29 is 19.6 Å². The normalized spacial score (nSPS) is 14.5. The molecule has 27 heavy (non-hydrogen) atoms. The van der Waals surface area contributed by atoms with Crippen LogP contribution in [0.3, 0.4) is 0 Å². The third kappa shape index (κ3) is 3.68. The highest BCUT2D eigenvalue weighted by molar-refractivity contribution is 6.15. The van der Waals surface area contributed by atoms with Crippen LogP contribution in [-0.2, 0) is 6.54 Å². The van der Waals surface area contributed by atoms with Crippen LogP contribution in [0.25, 0.3) is 6.08 Å². The molecule has 1 heterocycles. The number of ketones is 1. The molecule has 0 unspecified atom stereocenters. The first-order valence-corrected chi connectivity index (χ1v) is 8.70. The SMILES string of the molecule is CCN(CC)Cc1c(O)ccc2c1O/C(=C\c1cccc([N+](=O)[O-])c1)C2=O. The predicted octanol–water partition coefficient (Wildman–Crippen LogP) is 3.76. The van der Waals surface area contributed by atoms with Crippen molar-refractivity contribution in [3.05, 3.63) is 69.0 Å². The number of aromatic hydroxyl groups is 1. The molecule has 0 amide bonds. The lowest BCUT2D eigenvalue weighted by Gasteiger charge is -2.20. The molecule has 7 nitrogen and oxygen atoms in total. The Morgan fingerprint density at radius 1 is 1.22 bits per heavy atom. The molecule has 0 aliphatic carbocycles. The van der Waals surface area contributed by atoms with E-state index in [1.54, 1.807) is 12.1 Å². The second-order valence-corrected chi connectivity index (χ2v) is 6.19. The highest BCUT2D eigenvalue weighted by Crippen LogP contribution is 2.40. The topological polar surface area (TPSA) is 92.9 Å². The third-order valence-electron chi connectivity index (χ3n) is 4.57. The summed E-state index contributed by atoms with van der Waals surface area (Å²) in [4.78, 5) is 25.2. The van der Waals surface area contributed by atoms with Gasteiger partial charge in [-0.25, -0.2) is 0 Å². The molecule has 0 aromatic heterocycles. The summed E-state index contributed by atoms with van der Waals surface area (Å²) in [6.45, 7) is 6.08. The molecule has 1 aliphatic heterocycles. The highest BCUT2D eigenvalue weighted by atomic mass is 16.6. The Morgan fingerprint density at radius 2 is 1.96 bits per heavy atom. The van der Waals surface area contributed by atoms with Crippen molar-refractivity contribution in [3.8, 4) is 11.5 Å². The van der Waals surface area contributed by atoms with Gasteiger partial charge >= 0.3 is 0 Å². The van der Waals surface area contributed by atoms with Crippen molar-refractivity contribution in [2.24, 2.45) is 0 Å². The summed E-state index contributed by atoms with van der Waals surface area (Å²) < 4.78 is 5.78. The summed E-state index contributed by atoms with van der Waals surface area (Å²) in [5.74, 6) is 0.197. The first-order valence-electron chi connectivity index (χ1n) is 8.70. The maximum absolute atomic E-state index is 12.7. The van der Waals surface area contributed by atoms with Gasteiger partial charge in [0.15, 0.2) is 5.76 Å². The molecule has 2 aromatic carbocycles. The molecular formula is C20H20N2O5. The number of carbonyl (C=O) groups is 1. The molecule has 0 saturated heterocycles. The van der Waals surface area contributed by atoms with E-state index in [9.17, 15) is 20.0 Å². The fourth-order valence-electron chi connectivity index (χ4n) is 3.00. The molecule has 1 aliphatic rings. The van der Waals surface area contributed by atoms with Crippen molar-refractivity contribution in [3.63, 3.8) is 0 Å². The Balaban J connectivity index is 1.97. The van der Waals surface area contributed by atoms with E-state index >= 15 is 0 Å². The quantitative estimate of drug-likeness (QED) is 0.474. The highest BCUT2D eigenvalue weighted by Gasteiger charge is 2.31. The number of ether oxygens (including phenoxy) is 1. The number of hydrogen-bond donors (Lipinski definition) is 1. The number of rotatable bonds is 6. The Labute approximate surface area is 156 Å². The lowest BCUT2D eigenvalue weighted by molar-refractivity contribution is -0.384. The lowest BCUT2D eigenvalue weighted by atomic mass is 10.0. The minimum absolute atomic E-state index is 0.0628. The van der Waals surface area contributed by atoms with Crippen LogP contribution in [0.2, 0.25) is 0 Å². The molecule has 2 aromatic rings. The van der Waals surface area contributed by atoms with Gasteiger partial charge in [0.1, 0.15) is 11.5 Å². The lowest BCUT2D eigenvalue weighted by Crippen LogP contribution is -2.22. The summed E-state index contributed by atoms with van der Waals surface area (Å²) >= 11 is 0. The maximum atomic E-state index is 12.7. The summed E-state index contributed by atoms with van der Waals surface area (Å²) in [6.07, 6.45) is 1.48. The van der Waals surface area contributed by atoms with E-state index in [0.29, 0.717) is 29.0 Å². The van der Waals surface area contributed by atoms with Gasteiger partial charge in [0.05, 0.1) is 16.1 Å². The van der Waals surface area contributed by atoms with E-state index in [1.165, 1.54) is 30.3 Å². The number of nitro groups is 1. The van der Waals surface area contributed by atoms with Crippen molar-refractivity contribution in [1.82, 2.24) is 4.90 Å². The van der Waals surface area contributed by atoms with Gasteiger partial charge in [0.25, 0.3) is 5.69 Å². The molecule has 0 bridgehead atoms. The standard InChI is InChI=1S/C20H20N2O5/c1-3-21(4-2)12-16-17(23)9-8-15-19(24)18(27-20(15)16)11-13-6-5-7-14(10-13)22(25)26/h5-11,23H,3-4,12H2,1-2H3/b18-11-. The van der Waals surface area contributed by atoms with Gasteiger partial charge in [-0.3, -0.25) is 19.8 Å². The Bertz CT molecular complexity index is 932. The second kappa shape index (κ2) is 7.59. The third-order valence-corrected chi connectivity index (χ3v) is 4.57. The van der Waals surface area contributed by atoms with Gasteiger partial charge in [0.2, 0.25) is 5.78 Å². The number of nitrogens with zero attached hydrogens (tertiary/aromatic N) is 2. The summed E-state index contributed by atoms with van der Waals surface area (Å²) in [7, 11) is 0. The van der Waals surface area contributed by atoms with Crippen LogP contribution in [0, 0.1) is 10.1 Å². The zero-order valence-corrected chi connectivity index (χ0v) is 15.1. The van der Waals surface area contributed by atoms with E-state index in [1.807, 2.05) is 13.8 Å². The van der Waals surface area contributed by atoms with Crippen molar-refractivity contribution >= 4 is 17.5 Å². The zero-order valence-electron chi connectivity index (χ0n) is 15.1. The van der Waals surface area contributed by atoms with Crippen LogP contribution in [0.1, 0.15) is 35.3 Å². The van der Waals surface area contributed by atoms with Crippen LogP contribution >= 0.6 is 0 Å². The summed E-state index contributed by atoms with van der Waals surface area (Å²) in [6, 6.07) is 9.00. The Kier molecular flexibility index (Phi) is 5.23. The van der Waals surface area contributed by atoms with Gasteiger partial charge < -0.3 is 9.84 Å². The van der Waals surface area contributed by atoms with E-state index in [-0.39, 0.29) is 23.0 Å². The maximum Gasteiger partial charge on any atom is 0.270 e. The minimum atomic E-state index is -0.492. The van der Waals surface area contributed by atoms with Gasteiger partial charge in [0, 0.05) is 18.7 Å². The van der Waals surface area contributed by atoms with Crippen LogP contribution in [0.4, 0.5) is 5.69 Å². The van der Waals surface area contributed by atoms with Crippen molar-refractivity contribution in [1.29, 1.82) is 0 Å². The predicted molar refractivity (Wildman–Crippen MR) is 101 cm³/mol. The molecule has 0 atom stereocenters. The number of fused-ring (bicyclic) bond motifs is 1. The average Bonchev–Trinajstić information content (AvgIpc) is 2.97. The van der Waals surface area contributed by atoms with Crippen molar-refractivity contribution in [2.45, 2.75) is 20.4 Å². The smallest absolute Gasteiger partial charge is 0.270 e. The Morgan fingerprint density at radius 3 is 2.63 bits per heavy atom. The number of benzene rings is 2. The van der Waals surface area contributed by atoms with Crippen LogP contribution < -0.4 is 4.74 Å².